The monoisotopic (exact) mass is 368 g/mol. The topological polar surface area (TPSA) is 66.0 Å². The first kappa shape index (κ1) is 21.3. The number of guanidine groups is 1. The van der Waals surface area contributed by atoms with E-state index in [1.54, 1.807) is 30.3 Å². The Morgan fingerprint density at radius 1 is 1.40 bits per heavy atom. The number of carbonyl (C=O) groups is 1. The Balaban J connectivity index is 2.40. The summed E-state index contributed by atoms with van der Waals surface area (Å²) in [7, 11) is 3.53. The Bertz CT molecular complexity index is 552. The van der Waals surface area contributed by atoms with Gasteiger partial charge in [-0.25, -0.2) is 4.79 Å². The predicted molar refractivity (Wildman–Crippen MR) is 105 cm³/mol. The molecule has 1 rings (SSSR count). The number of carbonyl (C=O) groups excluding carboxylic acids is 1. The van der Waals surface area contributed by atoms with Gasteiger partial charge in [0.15, 0.2) is 5.96 Å². The molecule has 0 aromatic carbocycles. The second-order valence-electron chi connectivity index (χ2n) is 7.11. The molecular weight excluding hydrogens is 336 g/mol. The highest BCUT2D eigenvalue weighted by molar-refractivity contribution is 7.10. The third-order valence-electron chi connectivity index (χ3n) is 3.74. The van der Waals surface area contributed by atoms with Crippen molar-refractivity contribution in [3.8, 4) is 0 Å². The number of thiophene rings is 1. The third-order valence-corrected chi connectivity index (χ3v) is 4.80. The van der Waals surface area contributed by atoms with Crippen LogP contribution in [0.4, 0.5) is 4.79 Å². The van der Waals surface area contributed by atoms with Gasteiger partial charge in [-0.1, -0.05) is 6.07 Å². The van der Waals surface area contributed by atoms with Gasteiger partial charge in [0.25, 0.3) is 0 Å². The molecule has 0 aliphatic heterocycles. The van der Waals surface area contributed by atoms with E-state index in [2.05, 4.69) is 34.0 Å². The Labute approximate surface area is 155 Å². The van der Waals surface area contributed by atoms with Crippen LogP contribution in [-0.2, 0) is 4.74 Å². The van der Waals surface area contributed by atoms with Crippen LogP contribution in [0.25, 0.3) is 0 Å². The zero-order valence-electron chi connectivity index (χ0n) is 16.4. The average Bonchev–Trinajstić information content (AvgIpc) is 3.05. The van der Waals surface area contributed by atoms with Gasteiger partial charge in [-0.15, -0.1) is 11.3 Å². The Kier molecular flexibility index (Phi) is 8.22. The van der Waals surface area contributed by atoms with Gasteiger partial charge in [0.05, 0.1) is 6.04 Å². The van der Waals surface area contributed by atoms with Crippen molar-refractivity contribution in [1.29, 1.82) is 0 Å². The fourth-order valence-electron chi connectivity index (χ4n) is 2.12. The van der Waals surface area contributed by atoms with E-state index in [-0.39, 0.29) is 18.2 Å². The molecule has 0 fully saturated rings. The van der Waals surface area contributed by atoms with Gasteiger partial charge in [0, 0.05) is 31.6 Å². The van der Waals surface area contributed by atoms with Crippen molar-refractivity contribution in [2.24, 2.45) is 4.99 Å². The van der Waals surface area contributed by atoms with Crippen LogP contribution in [-0.4, -0.2) is 49.2 Å². The highest BCUT2D eigenvalue weighted by Crippen LogP contribution is 2.17. The highest BCUT2D eigenvalue weighted by atomic mass is 32.1. The third kappa shape index (κ3) is 7.77. The second kappa shape index (κ2) is 9.65. The van der Waals surface area contributed by atoms with Gasteiger partial charge in [-0.2, -0.15) is 0 Å². The molecule has 0 radical (unpaired) electrons. The van der Waals surface area contributed by atoms with Gasteiger partial charge < -0.3 is 20.3 Å². The van der Waals surface area contributed by atoms with Crippen LogP contribution >= 0.6 is 11.3 Å². The molecule has 0 aliphatic rings. The Morgan fingerprint density at radius 3 is 2.60 bits per heavy atom. The summed E-state index contributed by atoms with van der Waals surface area (Å²) in [6.45, 7) is 10.4. The molecule has 142 valence electrons. The second-order valence-corrected chi connectivity index (χ2v) is 8.09. The van der Waals surface area contributed by atoms with Gasteiger partial charge >= 0.3 is 6.09 Å². The molecule has 6 nitrogen and oxygen atoms in total. The smallest absolute Gasteiger partial charge is 0.410 e. The fraction of sp³-hybridized carbons (Fsp3) is 0.667. The number of hydrogen-bond donors (Lipinski definition) is 2. The summed E-state index contributed by atoms with van der Waals surface area (Å²) in [5, 5.41) is 8.74. The number of hydrogen-bond acceptors (Lipinski definition) is 4. The molecule has 2 unspecified atom stereocenters. The van der Waals surface area contributed by atoms with Crippen LogP contribution in [0, 0.1) is 0 Å². The lowest BCUT2D eigenvalue weighted by Crippen LogP contribution is -2.43. The zero-order valence-corrected chi connectivity index (χ0v) is 17.2. The van der Waals surface area contributed by atoms with E-state index in [9.17, 15) is 4.79 Å². The van der Waals surface area contributed by atoms with Crippen molar-refractivity contribution >= 4 is 23.4 Å². The standard InChI is InChI=1S/C18H32N4O2S/c1-13(22(7)17(23)24-18(3,4)5)10-11-20-16(19-6)21-14(2)15-9-8-12-25-15/h8-9,12-14H,10-11H2,1-7H3,(H2,19,20,21). The molecule has 2 atom stereocenters. The van der Waals surface area contributed by atoms with Gasteiger partial charge in [-0.05, 0) is 52.5 Å². The summed E-state index contributed by atoms with van der Waals surface area (Å²) < 4.78 is 5.39. The summed E-state index contributed by atoms with van der Waals surface area (Å²) >= 11 is 1.72. The number of nitrogens with one attached hydrogen (secondary N) is 2. The maximum atomic E-state index is 12.1. The number of amides is 1. The van der Waals surface area contributed by atoms with E-state index in [4.69, 9.17) is 4.74 Å². The number of nitrogens with zero attached hydrogens (tertiary/aromatic N) is 2. The van der Waals surface area contributed by atoms with E-state index in [0.29, 0.717) is 6.54 Å². The molecule has 0 bridgehead atoms. The molecule has 0 aliphatic carbocycles. The SMILES string of the molecule is CN=C(NCCC(C)N(C)C(=O)OC(C)(C)C)NC(C)c1cccs1. The maximum absolute atomic E-state index is 12.1. The van der Waals surface area contributed by atoms with Crippen LogP contribution < -0.4 is 10.6 Å². The molecule has 0 saturated carbocycles. The quantitative estimate of drug-likeness (QED) is 0.594. The van der Waals surface area contributed by atoms with Gasteiger partial charge in [-0.3, -0.25) is 4.99 Å². The molecule has 25 heavy (non-hydrogen) atoms. The first-order valence-corrected chi connectivity index (χ1v) is 9.48. The first-order valence-electron chi connectivity index (χ1n) is 8.60. The molecular formula is C18H32N4O2S. The summed E-state index contributed by atoms with van der Waals surface area (Å²) in [5.74, 6) is 0.757. The number of aliphatic imine (C=N–C) groups is 1. The summed E-state index contributed by atoms with van der Waals surface area (Å²) in [4.78, 5) is 19.2. The lowest BCUT2D eigenvalue weighted by atomic mass is 10.2. The minimum Gasteiger partial charge on any atom is -0.444 e. The molecule has 1 heterocycles. The van der Waals surface area contributed by atoms with Gasteiger partial charge in [0.2, 0.25) is 0 Å². The highest BCUT2D eigenvalue weighted by Gasteiger charge is 2.22. The van der Waals surface area contributed by atoms with Crippen molar-refractivity contribution in [2.45, 2.75) is 58.7 Å². The lowest BCUT2D eigenvalue weighted by Gasteiger charge is -2.29. The normalized spacial score (nSPS) is 14.6. The van der Waals surface area contributed by atoms with E-state index in [1.807, 2.05) is 33.8 Å². The molecule has 7 heteroatoms. The molecule has 0 saturated heterocycles. The number of ether oxygens (including phenoxy) is 1. The average molecular weight is 369 g/mol. The molecule has 1 aromatic rings. The summed E-state index contributed by atoms with van der Waals surface area (Å²) in [6.07, 6.45) is 0.498. The molecule has 1 aromatic heterocycles. The zero-order chi connectivity index (χ0) is 19.0. The van der Waals surface area contributed by atoms with Crippen molar-refractivity contribution < 1.29 is 9.53 Å². The molecule has 2 N–H and O–H groups in total. The number of rotatable bonds is 6. The van der Waals surface area contributed by atoms with Crippen molar-refractivity contribution in [1.82, 2.24) is 15.5 Å². The van der Waals surface area contributed by atoms with E-state index in [1.165, 1.54) is 4.88 Å². The lowest BCUT2D eigenvalue weighted by molar-refractivity contribution is 0.0230. The first-order chi connectivity index (χ1) is 11.6. The molecule has 1 amide bonds. The van der Waals surface area contributed by atoms with Crippen LogP contribution in [0.3, 0.4) is 0 Å². The minimum absolute atomic E-state index is 0.0650. The fourth-order valence-corrected chi connectivity index (χ4v) is 2.85. The van der Waals surface area contributed by atoms with Crippen molar-refractivity contribution in [2.75, 3.05) is 20.6 Å². The Morgan fingerprint density at radius 2 is 2.08 bits per heavy atom. The Hall–Kier alpha value is -1.76. The van der Waals surface area contributed by atoms with E-state index in [0.717, 1.165) is 12.4 Å². The molecule has 0 spiro atoms. The van der Waals surface area contributed by atoms with Crippen LogP contribution in [0.1, 0.15) is 52.0 Å². The maximum Gasteiger partial charge on any atom is 0.410 e. The van der Waals surface area contributed by atoms with E-state index < -0.39 is 5.60 Å². The van der Waals surface area contributed by atoms with E-state index >= 15 is 0 Å². The minimum atomic E-state index is -0.479. The van der Waals surface area contributed by atoms with Crippen molar-refractivity contribution in [3.05, 3.63) is 22.4 Å². The van der Waals surface area contributed by atoms with Crippen LogP contribution in [0.5, 0.6) is 0 Å². The summed E-state index contributed by atoms with van der Waals surface area (Å²) in [6, 6.07) is 4.42. The van der Waals surface area contributed by atoms with Crippen LogP contribution in [0.2, 0.25) is 0 Å². The van der Waals surface area contributed by atoms with Gasteiger partial charge in [0.1, 0.15) is 5.60 Å². The summed E-state index contributed by atoms with van der Waals surface area (Å²) in [5.41, 5.74) is -0.479. The predicted octanol–water partition coefficient (Wildman–Crippen LogP) is 3.62. The van der Waals surface area contributed by atoms with Crippen molar-refractivity contribution in [3.63, 3.8) is 0 Å². The van der Waals surface area contributed by atoms with Crippen LogP contribution in [0.15, 0.2) is 22.5 Å². The largest absolute Gasteiger partial charge is 0.444 e.